The van der Waals surface area contributed by atoms with Gasteiger partial charge >= 0.3 is 0 Å². The second-order valence-electron chi connectivity index (χ2n) is 13.7. The van der Waals surface area contributed by atoms with Gasteiger partial charge in [0, 0.05) is 40.1 Å². The Balaban J connectivity index is 1.16. The molecule has 6 aromatic carbocycles. The van der Waals surface area contributed by atoms with Gasteiger partial charge in [0.05, 0.1) is 23.0 Å². The van der Waals surface area contributed by atoms with Gasteiger partial charge in [-0.25, -0.2) is 9.97 Å². The first kappa shape index (κ1) is 30.4. The first-order valence-electron chi connectivity index (χ1n) is 17.1. The first-order valence-corrected chi connectivity index (χ1v) is 17.1. The monoisotopic (exact) mass is 652 g/mol. The standard InChI is InChI=1S/C47H32N4/c1-47(2)42-22-20-35(25-41(42)39-21-15-30(27-48)23-43(39)47)36-24-37(29-49-28-36)46-50-44(34-18-16-32(17-19-34)31-9-4-3-5-10-31)26-45(51-46)40-14-8-12-33-11-6-7-13-38(33)40/h3-26,28-29H,1-2H3. The molecular formula is C47H32N4. The molecule has 1 aliphatic rings. The molecule has 0 amide bonds. The van der Waals surface area contributed by atoms with Gasteiger partial charge in [-0.05, 0) is 80.0 Å². The Morgan fingerprint density at radius 2 is 1.20 bits per heavy atom. The second kappa shape index (κ2) is 12.0. The molecule has 4 heteroatoms. The number of nitriles is 1. The van der Waals surface area contributed by atoms with E-state index in [0.29, 0.717) is 11.4 Å². The van der Waals surface area contributed by atoms with Crippen LogP contribution in [0.1, 0.15) is 30.5 Å². The van der Waals surface area contributed by atoms with Crippen LogP contribution >= 0.6 is 0 Å². The highest BCUT2D eigenvalue weighted by Gasteiger charge is 2.35. The van der Waals surface area contributed by atoms with Crippen LogP contribution in [0.3, 0.4) is 0 Å². The van der Waals surface area contributed by atoms with Gasteiger partial charge in [-0.1, -0.05) is 129 Å². The number of hydrogen-bond donors (Lipinski definition) is 0. The van der Waals surface area contributed by atoms with Crippen molar-refractivity contribution in [1.82, 2.24) is 15.0 Å². The molecule has 0 aliphatic heterocycles. The maximum absolute atomic E-state index is 9.57. The highest BCUT2D eigenvalue weighted by Crippen LogP contribution is 2.50. The lowest BCUT2D eigenvalue weighted by Crippen LogP contribution is -2.15. The van der Waals surface area contributed by atoms with E-state index in [1.165, 1.54) is 27.8 Å². The van der Waals surface area contributed by atoms with Crippen molar-refractivity contribution in [3.8, 4) is 73.4 Å². The molecule has 2 heterocycles. The average molecular weight is 653 g/mol. The summed E-state index contributed by atoms with van der Waals surface area (Å²) in [5.41, 5.74) is 14.3. The second-order valence-corrected chi connectivity index (χ2v) is 13.7. The third kappa shape index (κ3) is 5.28. The van der Waals surface area contributed by atoms with Gasteiger partial charge in [0.1, 0.15) is 0 Å². The Morgan fingerprint density at radius 3 is 2.04 bits per heavy atom. The molecule has 1 aliphatic carbocycles. The van der Waals surface area contributed by atoms with Crippen molar-refractivity contribution in [2.24, 2.45) is 0 Å². The van der Waals surface area contributed by atoms with E-state index in [-0.39, 0.29) is 5.41 Å². The zero-order chi connectivity index (χ0) is 34.5. The van der Waals surface area contributed by atoms with Crippen molar-refractivity contribution < 1.29 is 0 Å². The molecule has 240 valence electrons. The molecule has 0 N–H and O–H groups in total. The minimum atomic E-state index is -0.193. The van der Waals surface area contributed by atoms with Crippen LogP contribution in [0.15, 0.2) is 158 Å². The predicted octanol–water partition coefficient (Wildman–Crippen LogP) is 11.5. The van der Waals surface area contributed by atoms with Gasteiger partial charge < -0.3 is 0 Å². The molecule has 0 saturated heterocycles. The summed E-state index contributed by atoms with van der Waals surface area (Å²) in [7, 11) is 0. The molecule has 0 spiro atoms. The molecular weight excluding hydrogens is 621 g/mol. The predicted molar refractivity (Wildman–Crippen MR) is 207 cm³/mol. The Labute approximate surface area is 297 Å². The molecule has 0 bridgehead atoms. The van der Waals surface area contributed by atoms with Crippen LogP contribution in [0.25, 0.3) is 78.1 Å². The Morgan fingerprint density at radius 1 is 0.490 bits per heavy atom. The van der Waals surface area contributed by atoms with E-state index >= 15 is 0 Å². The summed E-state index contributed by atoms with van der Waals surface area (Å²) in [6, 6.07) is 53.0. The summed E-state index contributed by atoms with van der Waals surface area (Å²) in [6.07, 6.45) is 3.76. The number of nitrogens with zero attached hydrogens (tertiary/aromatic N) is 4. The smallest absolute Gasteiger partial charge is 0.161 e. The molecule has 0 unspecified atom stereocenters. The maximum Gasteiger partial charge on any atom is 0.161 e. The topological polar surface area (TPSA) is 62.5 Å². The summed E-state index contributed by atoms with van der Waals surface area (Å²) in [5, 5.41) is 11.9. The van der Waals surface area contributed by atoms with Crippen LogP contribution in [0.2, 0.25) is 0 Å². The SMILES string of the molecule is CC1(C)c2ccc(-c3cncc(-c4nc(-c5ccc(-c6ccccc6)cc5)cc(-c5cccc6ccccc56)n4)c3)cc2-c2ccc(C#N)cc21. The minimum absolute atomic E-state index is 0.193. The van der Waals surface area contributed by atoms with Crippen LogP contribution in [0.4, 0.5) is 0 Å². The number of hydrogen-bond acceptors (Lipinski definition) is 4. The number of pyridine rings is 1. The summed E-state index contributed by atoms with van der Waals surface area (Å²) >= 11 is 0. The average Bonchev–Trinajstić information content (AvgIpc) is 3.42. The van der Waals surface area contributed by atoms with Crippen molar-refractivity contribution in [1.29, 1.82) is 5.26 Å². The highest BCUT2D eigenvalue weighted by atomic mass is 14.9. The van der Waals surface area contributed by atoms with E-state index in [1.54, 1.807) is 0 Å². The lowest BCUT2D eigenvalue weighted by atomic mass is 9.82. The van der Waals surface area contributed by atoms with Gasteiger partial charge in [0.15, 0.2) is 5.82 Å². The van der Waals surface area contributed by atoms with Crippen LogP contribution in [0, 0.1) is 11.3 Å². The van der Waals surface area contributed by atoms with Crippen molar-refractivity contribution in [2.45, 2.75) is 19.3 Å². The lowest BCUT2D eigenvalue weighted by molar-refractivity contribution is 0.660. The van der Waals surface area contributed by atoms with Gasteiger partial charge in [-0.2, -0.15) is 5.26 Å². The van der Waals surface area contributed by atoms with Gasteiger partial charge in [0.2, 0.25) is 0 Å². The van der Waals surface area contributed by atoms with E-state index in [2.05, 4.69) is 147 Å². The fourth-order valence-corrected chi connectivity index (χ4v) is 7.50. The Bertz CT molecular complexity index is 2660. The molecule has 9 rings (SSSR count). The minimum Gasteiger partial charge on any atom is -0.263 e. The van der Waals surface area contributed by atoms with Gasteiger partial charge in [-0.15, -0.1) is 0 Å². The normalized spacial score (nSPS) is 12.6. The number of aromatic nitrogens is 3. The van der Waals surface area contributed by atoms with Crippen LogP contribution in [-0.2, 0) is 5.41 Å². The summed E-state index contributed by atoms with van der Waals surface area (Å²) in [6.45, 7) is 4.46. The fraction of sp³-hybridized carbons (Fsp3) is 0.0638. The Kier molecular flexibility index (Phi) is 7.15. The molecule has 51 heavy (non-hydrogen) atoms. The van der Waals surface area contributed by atoms with E-state index in [9.17, 15) is 5.26 Å². The summed E-state index contributed by atoms with van der Waals surface area (Å²) < 4.78 is 0. The fourth-order valence-electron chi connectivity index (χ4n) is 7.50. The first-order chi connectivity index (χ1) is 25.0. The van der Waals surface area contributed by atoms with E-state index in [0.717, 1.165) is 55.5 Å². The maximum atomic E-state index is 9.57. The highest BCUT2D eigenvalue weighted by molar-refractivity contribution is 5.96. The van der Waals surface area contributed by atoms with Crippen molar-refractivity contribution >= 4 is 10.8 Å². The van der Waals surface area contributed by atoms with Crippen LogP contribution < -0.4 is 0 Å². The zero-order valence-electron chi connectivity index (χ0n) is 28.3. The summed E-state index contributed by atoms with van der Waals surface area (Å²) in [5.74, 6) is 0.619. The largest absolute Gasteiger partial charge is 0.263 e. The Hall–Kier alpha value is -6.70. The summed E-state index contributed by atoms with van der Waals surface area (Å²) in [4.78, 5) is 15.1. The van der Waals surface area contributed by atoms with Crippen molar-refractivity contribution in [3.05, 3.63) is 175 Å². The van der Waals surface area contributed by atoms with Crippen molar-refractivity contribution in [2.75, 3.05) is 0 Å². The van der Waals surface area contributed by atoms with Crippen molar-refractivity contribution in [3.63, 3.8) is 0 Å². The molecule has 0 atom stereocenters. The molecule has 0 saturated carbocycles. The molecule has 8 aromatic rings. The molecule has 4 nitrogen and oxygen atoms in total. The number of fused-ring (bicyclic) bond motifs is 4. The molecule has 2 aromatic heterocycles. The lowest BCUT2D eigenvalue weighted by Gasteiger charge is -2.21. The van der Waals surface area contributed by atoms with Gasteiger partial charge in [0.25, 0.3) is 0 Å². The number of rotatable bonds is 5. The zero-order valence-corrected chi connectivity index (χ0v) is 28.3. The van der Waals surface area contributed by atoms with Gasteiger partial charge in [-0.3, -0.25) is 4.98 Å². The van der Waals surface area contributed by atoms with E-state index in [4.69, 9.17) is 15.0 Å². The molecule has 0 fully saturated rings. The third-order valence-electron chi connectivity index (χ3n) is 10.2. The third-order valence-corrected chi connectivity index (χ3v) is 10.2. The molecule has 0 radical (unpaired) electrons. The van der Waals surface area contributed by atoms with E-state index < -0.39 is 0 Å². The van der Waals surface area contributed by atoms with Crippen LogP contribution in [0.5, 0.6) is 0 Å². The number of benzene rings is 6. The van der Waals surface area contributed by atoms with E-state index in [1.807, 2.05) is 30.6 Å². The van der Waals surface area contributed by atoms with Crippen LogP contribution in [-0.4, -0.2) is 15.0 Å². The quantitative estimate of drug-likeness (QED) is 0.186.